The predicted octanol–water partition coefficient (Wildman–Crippen LogP) is 1.23. The van der Waals surface area contributed by atoms with Gasteiger partial charge < -0.3 is 5.73 Å². The van der Waals surface area contributed by atoms with Crippen molar-refractivity contribution in [3.63, 3.8) is 0 Å². The summed E-state index contributed by atoms with van der Waals surface area (Å²) in [6.45, 7) is 1.92. The largest absolute Gasteiger partial charge is 0.326 e. The van der Waals surface area contributed by atoms with E-state index in [0.717, 1.165) is 0 Å². The summed E-state index contributed by atoms with van der Waals surface area (Å²) in [7, 11) is 0. The molecule has 1 aromatic carbocycles. The summed E-state index contributed by atoms with van der Waals surface area (Å²) in [5, 5.41) is 19.2. The van der Waals surface area contributed by atoms with Crippen molar-refractivity contribution < 1.29 is 4.92 Å². The SMILES string of the molecule is Cc1c(C#N)cc([N+](=O)[O-])cc1CN. The van der Waals surface area contributed by atoms with Crippen LogP contribution in [0, 0.1) is 28.4 Å². The molecule has 0 bridgehead atoms. The number of hydrogen-bond donors (Lipinski definition) is 1. The zero-order valence-electron chi connectivity index (χ0n) is 7.65. The minimum Gasteiger partial charge on any atom is -0.326 e. The topological polar surface area (TPSA) is 92.9 Å². The summed E-state index contributed by atoms with van der Waals surface area (Å²) in [4.78, 5) is 9.98. The fraction of sp³-hybridized carbons (Fsp3) is 0.222. The van der Waals surface area contributed by atoms with Crippen LogP contribution in [0.25, 0.3) is 0 Å². The van der Waals surface area contributed by atoms with Gasteiger partial charge in [-0.3, -0.25) is 10.1 Å². The first kappa shape index (κ1) is 10.2. The van der Waals surface area contributed by atoms with E-state index in [1.165, 1.54) is 12.1 Å². The van der Waals surface area contributed by atoms with Gasteiger partial charge in [-0.25, -0.2) is 0 Å². The van der Waals surface area contributed by atoms with Crippen LogP contribution in [0.5, 0.6) is 0 Å². The average Bonchev–Trinajstić information content (AvgIpc) is 2.17. The normalized spacial score (nSPS) is 9.50. The molecule has 0 aliphatic carbocycles. The molecule has 0 unspecified atom stereocenters. The first-order valence-corrected chi connectivity index (χ1v) is 3.98. The van der Waals surface area contributed by atoms with Gasteiger partial charge in [-0.2, -0.15) is 5.26 Å². The molecule has 72 valence electrons. The van der Waals surface area contributed by atoms with Crippen LogP contribution in [0.15, 0.2) is 12.1 Å². The van der Waals surface area contributed by atoms with Gasteiger partial charge in [-0.1, -0.05) is 0 Å². The number of nitro benzene ring substituents is 1. The second kappa shape index (κ2) is 3.85. The molecule has 0 saturated heterocycles. The molecule has 0 heterocycles. The maximum Gasteiger partial charge on any atom is 0.271 e. The van der Waals surface area contributed by atoms with E-state index >= 15 is 0 Å². The lowest BCUT2D eigenvalue weighted by Crippen LogP contribution is -2.02. The first-order chi connectivity index (χ1) is 6.60. The number of non-ortho nitro benzene ring substituents is 1. The van der Waals surface area contributed by atoms with E-state index in [-0.39, 0.29) is 12.2 Å². The number of hydrogen-bond acceptors (Lipinski definition) is 4. The zero-order valence-corrected chi connectivity index (χ0v) is 7.65. The van der Waals surface area contributed by atoms with Gasteiger partial charge in [0.15, 0.2) is 0 Å². The molecule has 1 aromatic rings. The Labute approximate surface area is 80.9 Å². The van der Waals surface area contributed by atoms with Crippen LogP contribution in [-0.2, 0) is 6.54 Å². The van der Waals surface area contributed by atoms with Crippen molar-refractivity contribution >= 4 is 5.69 Å². The molecule has 0 aliphatic rings. The standard InChI is InChI=1S/C9H9N3O2/c1-6-7(4-10)2-9(12(13)14)3-8(6)5-11/h2-3H,4,10H2,1H3. The molecule has 14 heavy (non-hydrogen) atoms. The second-order valence-electron chi connectivity index (χ2n) is 2.85. The van der Waals surface area contributed by atoms with Crippen molar-refractivity contribution in [1.82, 2.24) is 0 Å². The second-order valence-corrected chi connectivity index (χ2v) is 2.85. The molecule has 0 amide bonds. The van der Waals surface area contributed by atoms with E-state index in [9.17, 15) is 10.1 Å². The molecule has 0 aromatic heterocycles. The van der Waals surface area contributed by atoms with Gasteiger partial charge in [-0.05, 0) is 18.1 Å². The molecule has 0 spiro atoms. The summed E-state index contributed by atoms with van der Waals surface area (Å²) < 4.78 is 0. The van der Waals surface area contributed by atoms with Gasteiger partial charge in [0.25, 0.3) is 5.69 Å². The molecule has 0 aliphatic heterocycles. The van der Waals surface area contributed by atoms with Gasteiger partial charge in [-0.15, -0.1) is 0 Å². The Kier molecular flexibility index (Phi) is 2.79. The summed E-state index contributed by atoms with van der Waals surface area (Å²) in [6.07, 6.45) is 0. The van der Waals surface area contributed by atoms with E-state index in [4.69, 9.17) is 11.0 Å². The molecular formula is C9H9N3O2. The summed E-state index contributed by atoms with van der Waals surface area (Å²) in [5.74, 6) is 0. The van der Waals surface area contributed by atoms with Crippen molar-refractivity contribution in [3.05, 3.63) is 38.9 Å². The minimum atomic E-state index is -0.528. The number of rotatable bonds is 2. The van der Waals surface area contributed by atoms with Gasteiger partial charge in [0.1, 0.15) is 0 Å². The molecule has 0 atom stereocenters. The van der Waals surface area contributed by atoms with E-state index in [0.29, 0.717) is 16.7 Å². The highest BCUT2D eigenvalue weighted by Gasteiger charge is 2.12. The quantitative estimate of drug-likeness (QED) is 0.562. The summed E-state index contributed by atoms with van der Waals surface area (Å²) in [6, 6.07) is 4.56. The number of benzene rings is 1. The van der Waals surface area contributed by atoms with Crippen molar-refractivity contribution in [3.8, 4) is 6.07 Å². The maximum atomic E-state index is 10.5. The summed E-state index contributed by atoms with van der Waals surface area (Å²) in [5.41, 5.74) is 6.97. The molecule has 0 fully saturated rings. The van der Waals surface area contributed by atoms with Crippen LogP contribution in [0.3, 0.4) is 0 Å². The molecule has 0 saturated carbocycles. The molecular weight excluding hydrogens is 182 g/mol. The fourth-order valence-electron chi connectivity index (χ4n) is 1.19. The molecule has 1 rings (SSSR count). The minimum absolute atomic E-state index is 0.0902. The monoisotopic (exact) mass is 191 g/mol. The van der Waals surface area contributed by atoms with Gasteiger partial charge >= 0.3 is 0 Å². The van der Waals surface area contributed by atoms with Crippen molar-refractivity contribution in [1.29, 1.82) is 5.26 Å². The van der Waals surface area contributed by atoms with Gasteiger partial charge in [0.2, 0.25) is 0 Å². The Morgan fingerprint density at radius 3 is 2.71 bits per heavy atom. The van der Waals surface area contributed by atoms with Crippen LogP contribution >= 0.6 is 0 Å². The highest BCUT2D eigenvalue weighted by molar-refractivity contribution is 5.50. The molecule has 5 heteroatoms. The van der Waals surface area contributed by atoms with Crippen LogP contribution in [0.1, 0.15) is 16.7 Å². The van der Waals surface area contributed by atoms with E-state index < -0.39 is 4.92 Å². The number of nitriles is 1. The highest BCUT2D eigenvalue weighted by atomic mass is 16.6. The lowest BCUT2D eigenvalue weighted by molar-refractivity contribution is -0.384. The predicted molar refractivity (Wildman–Crippen MR) is 50.4 cm³/mol. The Morgan fingerprint density at radius 1 is 1.64 bits per heavy atom. The smallest absolute Gasteiger partial charge is 0.271 e. The third-order valence-electron chi connectivity index (χ3n) is 2.05. The molecule has 0 radical (unpaired) electrons. The van der Waals surface area contributed by atoms with E-state index in [1.807, 2.05) is 6.07 Å². The van der Waals surface area contributed by atoms with Crippen molar-refractivity contribution in [2.75, 3.05) is 0 Å². The highest BCUT2D eigenvalue weighted by Crippen LogP contribution is 2.21. The first-order valence-electron chi connectivity index (χ1n) is 3.98. The lowest BCUT2D eigenvalue weighted by atomic mass is 10.0. The summed E-state index contributed by atoms with van der Waals surface area (Å²) >= 11 is 0. The van der Waals surface area contributed by atoms with Gasteiger partial charge in [0, 0.05) is 18.7 Å². The van der Waals surface area contributed by atoms with Gasteiger partial charge in [0.05, 0.1) is 16.6 Å². The number of nitro groups is 1. The number of nitrogens with two attached hydrogens (primary N) is 1. The Morgan fingerprint density at radius 2 is 2.29 bits per heavy atom. The maximum absolute atomic E-state index is 10.5. The third-order valence-corrected chi connectivity index (χ3v) is 2.05. The Hall–Kier alpha value is -1.93. The van der Waals surface area contributed by atoms with Crippen LogP contribution in [0.2, 0.25) is 0 Å². The average molecular weight is 191 g/mol. The van der Waals surface area contributed by atoms with Crippen molar-refractivity contribution in [2.24, 2.45) is 5.73 Å². The van der Waals surface area contributed by atoms with Crippen LogP contribution in [0.4, 0.5) is 5.69 Å². The molecule has 2 N–H and O–H groups in total. The van der Waals surface area contributed by atoms with Crippen molar-refractivity contribution in [2.45, 2.75) is 13.5 Å². The molecule has 5 nitrogen and oxygen atoms in total. The van der Waals surface area contributed by atoms with Crippen LogP contribution in [-0.4, -0.2) is 4.92 Å². The van der Waals surface area contributed by atoms with Crippen LogP contribution < -0.4 is 5.73 Å². The van der Waals surface area contributed by atoms with E-state index in [2.05, 4.69) is 0 Å². The Bertz CT molecular complexity index is 421. The fourth-order valence-corrected chi connectivity index (χ4v) is 1.19. The van der Waals surface area contributed by atoms with E-state index in [1.54, 1.807) is 6.92 Å². The lowest BCUT2D eigenvalue weighted by Gasteiger charge is -2.04. The number of nitrogens with zero attached hydrogens (tertiary/aromatic N) is 2. The zero-order chi connectivity index (χ0) is 10.7. The third kappa shape index (κ3) is 1.70. The Balaban J connectivity index is 3.41.